The first-order valence-electron chi connectivity index (χ1n) is 10.8. The minimum atomic E-state index is -3.81. The van der Waals surface area contributed by atoms with E-state index in [9.17, 15) is 18.0 Å². The second kappa shape index (κ2) is 11.9. The molecule has 0 aliphatic heterocycles. The van der Waals surface area contributed by atoms with Crippen LogP contribution in [0.1, 0.15) is 31.9 Å². The Bertz CT molecular complexity index is 1120. The lowest BCUT2D eigenvalue weighted by molar-refractivity contribution is -0.139. The Balaban J connectivity index is 2.37. The minimum absolute atomic E-state index is 0.110. The van der Waals surface area contributed by atoms with Crippen molar-refractivity contribution in [2.24, 2.45) is 5.92 Å². The molecule has 0 aliphatic carbocycles. The number of anilines is 1. The number of rotatable bonds is 10. The van der Waals surface area contributed by atoms with Crippen molar-refractivity contribution >= 4 is 50.7 Å². The van der Waals surface area contributed by atoms with Gasteiger partial charge in [0.25, 0.3) is 0 Å². The van der Waals surface area contributed by atoms with Gasteiger partial charge < -0.3 is 10.2 Å². The first kappa shape index (κ1) is 28.0. The fraction of sp³-hybridized carbons (Fsp3) is 0.417. The van der Waals surface area contributed by atoms with Crippen molar-refractivity contribution in [3.8, 4) is 0 Å². The van der Waals surface area contributed by atoms with Crippen LogP contribution in [0.5, 0.6) is 0 Å². The molecule has 0 spiro atoms. The predicted molar refractivity (Wildman–Crippen MR) is 138 cm³/mol. The van der Waals surface area contributed by atoms with Gasteiger partial charge in [-0.15, -0.1) is 0 Å². The maximum Gasteiger partial charge on any atom is 0.244 e. The van der Waals surface area contributed by atoms with Gasteiger partial charge in [-0.05, 0) is 55.2 Å². The summed E-state index contributed by atoms with van der Waals surface area (Å²) in [7, 11) is -3.81. The SMILES string of the molecule is Cc1ccc(N(CC(=O)N(Cc2ccc(Cl)cc2)[C@H](C)C(=O)NCC(C)C)S(C)(=O)=O)cc1Cl. The lowest BCUT2D eigenvalue weighted by Crippen LogP contribution is -2.51. The number of carbonyl (C=O) groups is 2. The van der Waals surface area contributed by atoms with Crippen LogP contribution < -0.4 is 9.62 Å². The monoisotopic (exact) mass is 527 g/mol. The predicted octanol–water partition coefficient (Wildman–Crippen LogP) is 4.26. The van der Waals surface area contributed by atoms with E-state index in [4.69, 9.17) is 23.2 Å². The highest BCUT2D eigenvalue weighted by Crippen LogP contribution is 2.25. The van der Waals surface area contributed by atoms with E-state index in [1.54, 1.807) is 50.2 Å². The third kappa shape index (κ3) is 7.89. The molecule has 2 amide bonds. The summed E-state index contributed by atoms with van der Waals surface area (Å²) in [6.45, 7) is 7.45. The summed E-state index contributed by atoms with van der Waals surface area (Å²) in [5.41, 5.74) is 1.81. The molecule has 0 radical (unpaired) electrons. The van der Waals surface area contributed by atoms with Crippen LogP contribution in [-0.2, 0) is 26.2 Å². The fourth-order valence-corrected chi connectivity index (χ4v) is 4.31. The zero-order chi connectivity index (χ0) is 25.6. The number of nitrogens with one attached hydrogen (secondary N) is 1. The van der Waals surface area contributed by atoms with Gasteiger partial charge in [-0.2, -0.15) is 0 Å². The van der Waals surface area contributed by atoms with Gasteiger partial charge in [0, 0.05) is 23.1 Å². The van der Waals surface area contributed by atoms with E-state index in [-0.39, 0.29) is 24.1 Å². The van der Waals surface area contributed by atoms with Crippen LogP contribution in [0.15, 0.2) is 42.5 Å². The molecule has 0 fully saturated rings. The molecule has 1 N–H and O–H groups in total. The lowest BCUT2D eigenvalue weighted by Gasteiger charge is -2.31. The topological polar surface area (TPSA) is 86.8 Å². The molecular weight excluding hydrogens is 497 g/mol. The van der Waals surface area contributed by atoms with Crippen LogP contribution in [0.4, 0.5) is 5.69 Å². The number of benzene rings is 2. The van der Waals surface area contributed by atoms with Crippen LogP contribution in [0.25, 0.3) is 0 Å². The lowest BCUT2D eigenvalue weighted by atomic mass is 10.1. The number of aryl methyl sites for hydroxylation is 1. The number of amides is 2. The number of halogens is 2. The highest BCUT2D eigenvalue weighted by Gasteiger charge is 2.30. The van der Waals surface area contributed by atoms with Crippen molar-refractivity contribution in [2.75, 3.05) is 23.7 Å². The van der Waals surface area contributed by atoms with E-state index in [0.29, 0.717) is 16.6 Å². The molecule has 0 unspecified atom stereocenters. The molecule has 0 bridgehead atoms. The number of nitrogens with zero attached hydrogens (tertiary/aromatic N) is 2. The molecule has 0 saturated heterocycles. The molecule has 7 nitrogen and oxygen atoms in total. The molecule has 0 heterocycles. The summed E-state index contributed by atoms with van der Waals surface area (Å²) in [5, 5.41) is 3.77. The Morgan fingerprint density at radius 1 is 1.03 bits per heavy atom. The molecule has 0 aliphatic rings. The first-order chi connectivity index (χ1) is 15.8. The Morgan fingerprint density at radius 2 is 1.65 bits per heavy atom. The summed E-state index contributed by atoms with van der Waals surface area (Å²) >= 11 is 12.2. The zero-order valence-corrected chi connectivity index (χ0v) is 22.3. The van der Waals surface area contributed by atoms with E-state index in [1.807, 2.05) is 13.8 Å². The molecule has 1 atom stereocenters. The second-order valence-electron chi connectivity index (χ2n) is 8.67. The third-order valence-electron chi connectivity index (χ3n) is 5.24. The normalized spacial score (nSPS) is 12.4. The summed E-state index contributed by atoms with van der Waals surface area (Å²) in [5.74, 6) is -0.604. The van der Waals surface area contributed by atoms with Gasteiger partial charge in [0.15, 0.2) is 0 Å². The van der Waals surface area contributed by atoms with Gasteiger partial charge >= 0.3 is 0 Å². The zero-order valence-electron chi connectivity index (χ0n) is 20.0. The molecule has 2 aromatic carbocycles. The summed E-state index contributed by atoms with van der Waals surface area (Å²) < 4.78 is 26.2. The summed E-state index contributed by atoms with van der Waals surface area (Å²) in [6, 6.07) is 10.9. The van der Waals surface area contributed by atoms with Crippen molar-refractivity contribution < 1.29 is 18.0 Å². The largest absolute Gasteiger partial charge is 0.354 e. The molecule has 0 saturated carbocycles. The Labute approximate surface area is 212 Å². The van der Waals surface area contributed by atoms with Gasteiger partial charge in [0.2, 0.25) is 21.8 Å². The fourth-order valence-electron chi connectivity index (χ4n) is 3.17. The molecule has 10 heteroatoms. The van der Waals surface area contributed by atoms with E-state index >= 15 is 0 Å². The van der Waals surface area contributed by atoms with E-state index in [0.717, 1.165) is 21.7 Å². The number of hydrogen-bond donors (Lipinski definition) is 1. The Morgan fingerprint density at radius 3 is 2.18 bits per heavy atom. The Kier molecular flexibility index (Phi) is 9.79. The number of sulfonamides is 1. The average Bonchev–Trinajstić information content (AvgIpc) is 2.76. The molecule has 34 heavy (non-hydrogen) atoms. The molecule has 2 aromatic rings. The second-order valence-corrected chi connectivity index (χ2v) is 11.4. The van der Waals surface area contributed by atoms with Gasteiger partial charge in [0.1, 0.15) is 12.6 Å². The molecular formula is C24H31Cl2N3O4S. The smallest absolute Gasteiger partial charge is 0.244 e. The van der Waals surface area contributed by atoms with E-state index in [1.165, 1.54) is 11.0 Å². The van der Waals surface area contributed by atoms with Gasteiger partial charge in [0.05, 0.1) is 11.9 Å². The average molecular weight is 529 g/mol. The standard InChI is InChI=1S/C24H31Cl2N3O4S/c1-16(2)13-27-24(31)18(4)28(14-19-7-9-20(25)10-8-19)23(30)15-29(34(5,32)33)21-11-6-17(3)22(26)12-21/h6-12,16,18H,13-15H2,1-5H3,(H,27,31)/t18-/m1/s1. The van der Waals surface area contributed by atoms with Crippen molar-refractivity contribution in [2.45, 2.75) is 40.3 Å². The van der Waals surface area contributed by atoms with Crippen LogP contribution in [0.2, 0.25) is 10.0 Å². The van der Waals surface area contributed by atoms with Crippen LogP contribution >= 0.6 is 23.2 Å². The van der Waals surface area contributed by atoms with Crippen molar-refractivity contribution in [1.29, 1.82) is 0 Å². The van der Waals surface area contributed by atoms with Gasteiger partial charge in [-0.1, -0.05) is 55.2 Å². The number of hydrogen-bond acceptors (Lipinski definition) is 4. The number of carbonyl (C=O) groups excluding carboxylic acids is 2. The highest BCUT2D eigenvalue weighted by molar-refractivity contribution is 7.92. The molecule has 2 rings (SSSR count). The van der Waals surface area contributed by atoms with Crippen LogP contribution in [0, 0.1) is 12.8 Å². The van der Waals surface area contributed by atoms with E-state index in [2.05, 4.69) is 5.32 Å². The quantitative estimate of drug-likeness (QED) is 0.500. The summed E-state index contributed by atoms with van der Waals surface area (Å²) in [4.78, 5) is 27.6. The van der Waals surface area contributed by atoms with Crippen molar-refractivity contribution in [3.63, 3.8) is 0 Å². The maximum atomic E-state index is 13.5. The molecule has 186 valence electrons. The summed E-state index contributed by atoms with van der Waals surface area (Å²) in [6.07, 6.45) is 1.02. The van der Waals surface area contributed by atoms with Crippen molar-refractivity contribution in [3.05, 3.63) is 63.6 Å². The van der Waals surface area contributed by atoms with Crippen molar-refractivity contribution in [1.82, 2.24) is 10.2 Å². The highest BCUT2D eigenvalue weighted by atomic mass is 35.5. The van der Waals surface area contributed by atoms with Crippen LogP contribution in [-0.4, -0.2) is 50.5 Å². The van der Waals surface area contributed by atoms with Gasteiger partial charge in [-0.3, -0.25) is 13.9 Å². The maximum absolute atomic E-state index is 13.5. The van der Waals surface area contributed by atoms with E-state index < -0.39 is 28.5 Å². The minimum Gasteiger partial charge on any atom is -0.354 e. The van der Waals surface area contributed by atoms with Crippen LogP contribution in [0.3, 0.4) is 0 Å². The molecule has 0 aromatic heterocycles. The van der Waals surface area contributed by atoms with Gasteiger partial charge in [-0.25, -0.2) is 8.42 Å². The Hall–Kier alpha value is -2.29. The third-order valence-corrected chi connectivity index (χ3v) is 7.04. The first-order valence-corrected chi connectivity index (χ1v) is 13.5.